The summed E-state index contributed by atoms with van der Waals surface area (Å²) in [7, 11) is 0. The molecule has 15 heavy (non-hydrogen) atoms. The lowest BCUT2D eigenvalue weighted by molar-refractivity contribution is -0.124. The number of nitrogens with zero attached hydrogens (tertiary/aromatic N) is 2. The molecule has 0 unspecified atom stereocenters. The highest BCUT2D eigenvalue weighted by molar-refractivity contribution is 5.97. The molecule has 2 rings (SSSR count). The van der Waals surface area contributed by atoms with Crippen molar-refractivity contribution in [1.29, 1.82) is 5.26 Å². The normalized spacial score (nSPS) is 14.6. The van der Waals surface area contributed by atoms with E-state index in [4.69, 9.17) is 10.00 Å². The van der Waals surface area contributed by atoms with Gasteiger partial charge in [-0.1, -0.05) is 0 Å². The molecule has 1 amide bonds. The van der Waals surface area contributed by atoms with Crippen LogP contribution in [0.3, 0.4) is 0 Å². The molecule has 1 aliphatic heterocycles. The molecule has 1 heterocycles. The third-order valence-corrected chi connectivity index (χ3v) is 1.88. The minimum atomic E-state index is -0.271. The van der Waals surface area contributed by atoms with Crippen molar-refractivity contribution in [2.75, 3.05) is 6.61 Å². The van der Waals surface area contributed by atoms with E-state index in [1.807, 2.05) is 6.07 Å². The molecule has 5 heteroatoms. The Bertz CT molecular complexity index is 457. The van der Waals surface area contributed by atoms with E-state index in [2.05, 4.69) is 10.5 Å². The molecule has 0 radical (unpaired) electrons. The van der Waals surface area contributed by atoms with Gasteiger partial charge >= 0.3 is 0 Å². The zero-order valence-corrected chi connectivity index (χ0v) is 7.73. The first-order valence-corrected chi connectivity index (χ1v) is 4.29. The van der Waals surface area contributed by atoms with Crippen LogP contribution >= 0.6 is 0 Å². The van der Waals surface area contributed by atoms with Crippen molar-refractivity contribution in [3.63, 3.8) is 0 Å². The average Bonchev–Trinajstić information content (AvgIpc) is 2.30. The number of hydrazone groups is 1. The molecular weight excluding hydrogens is 194 g/mol. The maximum Gasteiger partial charge on any atom is 0.278 e. The van der Waals surface area contributed by atoms with Gasteiger partial charge in [0.15, 0.2) is 6.61 Å². The zero-order chi connectivity index (χ0) is 10.7. The highest BCUT2D eigenvalue weighted by Crippen LogP contribution is 2.07. The summed E-state index contributed by atoms with van der Waals surface area (Å²) < 4.78 is 5.10. The summed E-state index contributed by atoms with van der Waals surface area (Å²) >= 11 is 0. The number of amides is 1. The maximum atomic E-state index is 10.8. The number of nitriles is 1. The first-order chi connectivity index (χ1) is 7.29. The third-order valence-electron chi connectivity index (χ3n) is 1.88. The first-order valence-electron chi connectivity index (χ1n) is 4.29. The second kappa shape index (κ2) is 3.80. The number of rotatable bonds is 1. The van der Waals surface area contributed by atoms with Gasteiger partial charge in [-0.05, 0) is 24.3 Å². The second-order valence-corrected chi connectivity index (χ2v) is 2.93. The summed E-state index contributed by atoms with van der Waals surface area (Å²) in [6.07, 6.45) is 0. The van der Waals surface area contributed by atoms with Crippen LogP contribution < -0.4 is 5.43 Å². The Hall–Kier alpha value is -2.35. The van der Waals surface area contributed by atoms with Crippen LogP contribution in [-0.2, 0) is 9.53 Å². The van der Waals surface area contributed by atoms with E-state index in [-0.39, 0.29) is 12.5 Å². The van der Waals surface area contributed by atoms with E-state index in [0.717, 1.165) is 5.56 Å². The topological polar surface area (TPSA) is 74.5 Å². The molecule has 1 aromatic rings. The van der Waals surface area contributed by atoms with Crippen LogP contribution in [0, 0.1) is 11.3 Å². The number of hydrogen-bond acceptors (Lipinski definition) is 4. The molecule has 0 fully saturated rings. The average molecular weight is 201 g/mol. The van der Waals surface area contributed by atoms with Gasteiger partial charge in [-0.2, -0.15) is 5.26 Å². The largest absolute Gasteiger partial charge is 0.466 e. The zero-order valence-electron chi connectivity index (χ0n) is 7.73. The molecule has 1 aromatic carbocycles. The summed E-state index contributed by atoms with van der Waals surface area (Å²) in [5.74, 6) is 0.0893. The van der Waals surface area contributed by atoms with E-state index in [9.17, 15) is 4.79 Å². The highest BCUT2D eigenvalue weighted by atomic mass is 16.5. The van der Waals surface area contributed by atoms with Gasteiger partial charge in [0.2, 0.25) is 5.90 Å². The van der Waals surface area contributed by atoms with Crippen molar-refractivity contribution in [3.05, 3.63) is 35.4 Å². The number of carbonyl (C=O) groups is 1. The van der Waals surface area contributed by atoms with Gasteiger partial charge in [0.1, 0.15) is 0 Å². The highest BCUT2D eigenvalue weighted by Gasteiger charge is 2.13. The van der Waals surface area contributed by atoms with Crippen molar-refractivity contribution in [2.45, 2.75) is 0 Å². The van der Waals surface area contributed by atoms with E-state index < -0.39 is 0 Å². The Balaban J connectivity index is 2.24. The summed E-state index contributed by atoms with van der Waals surface area (Å²) in [4.78, 5) is 10.8. The van der Waals surface area contributed by atoms with Crippen LogP contribution in [0.1, 0.15) is 11.1 Å². The SMILES string of the molecule is N#Cc1ccc(C2=NNC(=O)CO2)cc1. The molecule has 1 aliphatic rings. The second-order valence-electron chi connectivity index (χ2n) is 2.93. The molecule has 0 aliphatic carbocycles. The molecule has 0 bridgehead atoms. The van der Waals surface area contributed by atoms with Crippen LogP contribution in [0.25, 0.3) is 0 Å². The lowest BCUT2D eigenvalue weighted by Crippen LogP contribution is -2.32. The first kappa shape index (κ1) is 9.21. The summed E-state index contributed by atoms with van der Waals surface area (Å²) in [5.41, 5.74) is 3.62. The quantitative estimate of drug-likeness (QED) is 0.713. The van der Waals surface area contributed by atoms with E-state index in [1.54, 1.807) is 24.3 Å². The molecule has 0 saturated heterocycles. The van der Waals surface area contributed by atoms with Crippen LogP contribution in [0.5, 0.6) is 0 Å². The van der Waals surface area contributed by atoms with Crippen LogP contribution in [0.2, 0.25) is 0 Å². The Morgan fingerprint density at radius 1 is 1.40 bits per heavy atom. The number of carbonyl (C=O) groups excluding carboxylic acids is 1. The van der Waals surface area contributed by atoms with E-state index in [0.29, 0.717) is 11.5 Å². The van der Waals surface area contributed by atoms with Crippen LogP contribution in [0.15, 0.2) is 29.4 Å². The van der Waals surface area contributed by atoms with Gasteiger partial charge in [0.25, 0.3) is 5.91 Å². The standard InChI is InChI=1S/C10H7N3O2/c11-5-7-1-3-8(4-2-7)10-13-12-9(14)6-15-10/h1-4H,6H2,(H,12,14). The Kier molecular flexibility index (Phi) is 2.33. The van der Waals surface area contributed by atoms with Gasteiger partial charge in [0, 0.05) is 5.56 Å². The summed E-state index contributed by atoms with van der Waals surface area (Å²) in [6.45, 7) is -0.0289. The number of ether oxygens (including phenoxy) is 1. The van der Waals surface area contributed by atoms with Crippen LogP contribution in [0.4, 0.5) is 0 Å². The molecule has 0 saturated carbocycles. The minimum absolute atomic E-state index is 0.0289. The van der Waals surface area contributed by atoms with E-state index in [1.165, 1.54) is 0 Å². The number of benzene rings is 1. The Labute approximate surface area is 86.0 Å². The fourth-order valence-electron chi connectivity index (χ4n) is 1.15. The van der Waals surface area contributed by atoms with Gasteiger partial charge in [-0.15, -0.1) is 5.10 Å². The van der Waals surface area contributed by atoms with Crippen molar-refractivity contribution in [1.82, 2.24) is 5.43 Å². The number of hydrogen-bond donors (Lipinski definition) is 1. The monoisotopic (exact) mass is 201 g/mol. The minimum Gasteiger partial charge on any atom is -0.466 e. The van der Waals surface area contributed by atoms with Crippen molar-refractivity contribution < 1.29 is 9.53 Å². The molecule has 1 N–H and O–H groups in total. The van der Waals surface area contributed by atoms with Gasteiger partial charge < -0.3 is 4.74 Å². The summed E-state index contributed by atoms with van der Waals surface area (Å²) in [5, 5.41) is 12.4. The third kappa shape index (κ3) is 1.94. The van der Waals surface area contributed by atoms with Crippen molar-refractivity contribution in [3.8, 4) is 6.07 Å². The van der Waals surface area contributed by atoms with Gasteiger partial charge in [0.05, 0.1) is 11.6 Å². The van der Waals surface area contributed by atoms with Crippen molar-refractivity contribution in [2.24, 2.45) is 5.10 Å². The molecule has 0 atom stereocenters. The van der Waals surface area contributed by atoms with Crippen LogP contribution in [-0.4, -0.2) is 18.4 Å². The fourth-order valence-corrected chi connectivity index (χ4v) is 1.15. The smallest absolute Gasteiger partial charge is 0.278 e. The molecule has 74 valence electrons. The van der Waals surface area contributed by atoms with Gasteiger partial charge in [-0.3, -0.25) is 4.79 Å². The molecule has 0 spiro atoms. The molecule has 5 nitrogen and oxygen atoms in total. The predicted molar refractivity (Wildman–Crippen MR) is 51.8 cm³/mol. The number of nitrogens with one attached hydrogen (secondary N) is 1. The molecular formula is C10H7N3O2. The molecule has 0 aromatic heterocycles. The lowest BCUT2D eigenvalue weighted by atomic mass is 10.1. The summed E-state index contributed by atoms with van der Waals surface area (Å²) in [6, 6.07) is 8.78. The Morgan fingerprint density at radius 3 is 2.67 bits per heavy atom. The van der Waals surface area contributed by atoms with E-state index >= 15 is 0 Å². The predicted octanol–water partition coefficient (Wildman–Crippen LogP) is 0.366. The van der Waals surface area contributed by atoms with Crippen molar-refractivity contribution >= 4 is 11.8 Å². The van der Waals surface area contributed by atoms with Gasteiger partial charge in [-0.25, -0.2) is 5.43 Å². The maximum absolute atomic E-state index is 10.8. The fraction of sp³-hybridized carbons (Fsp3) is 0.100. The Morgan fingerprint density at radius 2 is 2.13 bits per heavy atom. The lowest BCUT2D eigenvalue weighted by Gasteiger charge is -2.13.